The van der Waals surface area contributed by atoms with Gasteiger partial charge in [-0.3, -0.25) is 9.59 Å². The first-order valence-electron chi connectivity index (χ1n) is 10.1. The van der Waals surface area contributed by atoms with Crippen LogP contribution in [0.5, 0.6) is 0 Å². The van der Waals surface area contributed by atoms with Crippen molar-refractivity contribution in [1.82, 2.24) is 4.31 Å². The Balaban J connectivity index is 1.66. The van der Waals surface area contributed by atoms with Gasteiger partial charge in [-0.05, 0) is 50.3 Å². The SMILES string of the molecule is CCCS(=O)(=O)N1CCC[C@H](C(=O)Nc2cccc(N3CCCCC3=O)c2)C1. The average molecular weight is 408 g/mol. The number of carbonyl (C=O) groups excluding carboxylic acids is 2. The molecule has 2 aliphatic rings. The molecule has 0 aliphatic carbocycles. The molecule has 1 atom stereocenters. The number of hydrogen-bond donors (Lipinski definition) is 1. The van der Waals surface area contributed by atoms with Crippen molar-refractivity contribution in [1.29, 1.82) is 0 Å². The normalized spacial score (nSPS) is 21.5. The van der Waals surface area contributed by atoms with Crippen molar-refractivity contribution < 1.29 is 18.0 Å². The van der Waals surface area contributed by atoms with Crippen molar-refractivity contribution in [3.63, 3.8) is 0 Å². The van der Waals surface area contributed by atoms with Crippen LogP contribution in [0.25, 0.3) is 0 Å². The molecule has 0 spiro atoms. The van der Waals surface area contributed by atoms with Crippen molar-refractivity contribution in [3.8, 4) is 0 Å². The van der Waals surface area contributed by atoms with Crippen LogP contribution in [0.3, 0.4) is 0 Å². The topological polar surface area (TPSA) is 86.8 Å². The van der Waals surface area contributed by atoms with E-state index in [1.165, 1.54) is 4.31 Å². The van der Waals surface area contributed by atoms with Gasteiger partial charge in [0.15, 0.2) is 0 Å². The molecule has 154 valence electrons. The van der Waals surface area contributed by atoms with Gasteiger partial charge in [-0.1, -0.05) is 13.0 Å². The van der Waals surface area contributed by atoms with Gasteiger partial charge < -0.3 is 10.2 Å². The van der Waals surface area contributed by atoms with E-state index in [4.69, 9.17) is 0 Å². The van der Waals surface area contributed by atoms with Crippen LogP contribution >= 0.6 is 0 Å². The van der Waals surface area contributed by atoms with Gasteiger partial charge in [0.2, 0.25) is 21.8 Å². The van der Waals surface area contributed by atoms with Crippen LogP contribution in [0, 0.1) is 5.92 Å². The number of anilines is 2. The van der Waals surface area contributed by atoms with E-state index in [0.29, 0.717) is 44.5 Å². The Hall–Kier alpha value is -1.93. The molecule has 2 saturated heterocycles. The van der Waals surface area contributed by atoms with Gasteiger partial charge in [0.05, 0.1) is 11.7 Å². The molecular weight excluding hydrogens is 378 g/mol. The highest BCUT2D eigenvalue weighted by atomic mass is 32.2. The van der Waals surface area contributed by atoms with E-state index in [9.17, 15) is 18.0 Å². The highest BCUT2D eigenvalue weighted by Gasteiger charge is 2.32. The number of nitrogens with zero attached hydrogens (tertiary/aromatic N) is 2. The molecule has 28 heavy (non-hydrogen) atoms. The van der Waals surface area contributed by atoms with Gasteiger partial charge in [-0.2, -0.15) is 0 Å². The van der Waals surface area contributed by atoms with E-state index in [1.54, 1.807) is 11.0 Å². The third-order valence-corrected chi connectivity index (χ3v) is 7.40. The van der Waals surface area contributed by atoms with Crippen LogP contribution < -0.4 is 10.2 Å². The summed E-state index contributed by atoms with van der Waals surface area (Å²) >= 11 is 0. The van der Waals surface area contributed by atoms with Gasteiger partial charge in [-0.15, -0.1) is 0 Å². The number of hydrogen-bond acceptors (Lipinski definition) is 4. The average Bonchev–Trinajstić information content (AvgIpc) is 2.68. The number of amides is 2. The summed E-state index contributed by atoms with van der Waals surface area (Å²) in [7, 11) is -3.29. The van der Waals surface area contributed by atoms with Crippen LogP contribution in [-0.4, -0.2) is 49.9 Å². The molecule has 3 rings (SSSR count). The summed E-state index contributed by atoms with van der Waals surface area (Å²) in [6.45, 7) is 3.26. The van der Waals surface area contributed by atoms with Crippen LogP contribution in [0.4, 0.5) is 11.4 Å². The fourth-order valence-corrected chi connectivity index (χ4v) is 5.46. The Labute approximate surface area is 167 Å². The van der Waals surface area contributed by atoms with Crippen molar-refractivity contribution in [2.45, 2.75) is 45.4 Å². The fraction of sp³-hybridized carbons (Fsp3) is 0.600. The Morgan fingerprint density at radius 3 is 2.79 bits per heavy atom. The Bertz CT molecular complexity index is 824. The Kier molecular flexibility index (Phi) is 6.72. The van der Waals surface area contributed by atoms with Crippen LogP contribution in [-0.2, 0) is 19.6 Å². The van der Waals surface area contributed by atoms with Gasteiger partial charge in [0.1, 0.15) is 0 Å². The van der Waals surface area contributed by atoms with E-state index in [-0.39, 0.29) is 30.0 Å². The minimum absolute atomic E-state index is 0.110. The molecule has 0 unspecified atom stereocenters. The zero-order valence-corrected chi connectivity index (χ0v) is 17.2. The second-order valence-electron chi connectivity index (χ2n) is 7.56. The first kappa shape index (κ1) is 20.8. The van der Waals surface area contributed by atoms with Crippen LogP contribution in [0.1, 0.15) is 45.4 Å². The van der Waals surface area contributed by atoms with Crippen LogP contribution in [0.15, 0.2) is 24.3 Å². The standard InChI is InChI=1S/C20H29N3O4S/c1-2-13-28(26,27)22-11-6-7-16(15-22)20(25)21-17-8-5-9-18(14-17)23-12-4-3-10-19(23)24/h5,8-9,14,16H,2-4,6-7,10-13,15H2,1H3,(H,21,25)/t16-/m0/s1. The first-order valence-corrected chi connectivity index (χ1v) is 11.7. The predicted molar refractivity (Wildman–Crippen MR) is 110 cm³/mol. The number of carbonyl (C=O) groups is 2. The molecule has 7 nitrogen and oxygen atoms in total. The van der Waals surface area contributed by atoms with E-state index < -0.39 is 10.0 Å². The summed E-state index contributed by atoms with van der Waals surface area (Å²) in [5.74, 6) is -0.300. The molecule has 0 bridgehead atoms. The van der Waals surface area contributed by atoms with E-state index in [1.807, 2.05) is 25.1 Å². The third-order valence-electron chi connectivity index (χ3n) is 5.36. The molecule has 2 aliphatic heterocycles. The maximum atomic E-state index is 12.7. The van der Waals surface area contributed by atoms with Gasteiger partial charge in [-0.25, -0.2) is 12.7 Å². The second-order valence-corrected chi connectivity index (χ2v) is 9.64. The molecule has 1 aromatic carbocycles. The molecule has 0 radical (unpaired) electrons. The summed E-state index contributed by atoms with van der Waals surface area (Å²) in [5, 5.41) is 2.91. The minimum Gasteiger partial charge on any atom is -0.326 e. The second kappa shape index (κ2) is 9.05. The lowest BCUT2D eigenvalue weighted by Crippen LogP contribution is -2.44. The highest BCUT2D eigenvalue weighted by molar-refractivity contribution is 7.89. The summed E-state index contributed by atoms with van der Waals surface area (Å²) in [6.07, 6.45) is 4.38. The summed E-state index contributed by atoms with van der Waals surface area (Å²) in [5.41, 5.74) is 1.42. The predicted octanol–water partition coefficient (Wildman–Crippen LogP) is 2.59. The lowest BCUT2D eigenvalue weighted by Gasteiger charge is -2.31. The van der Waals surface area contributed by atoms with Crippen molar-refractivity contribution in [3.05, 3.63) is 24.3 Å². The molecule has 2 fully saturated rings. The summed E-state index contributed by atoms with van der Waals surface area (Å²) in [6, 6.07) is 7.31. The number of benzene rings is 1. The number of piperidine rings is 2. The number of rotatable bonds is 6. The Morgan fingerprint density at radius 2 is 2.04 bits per heavy atom. The summed E-state index contributed by atoms with van der Waals surface area (Å²) in [4.78, 5) is 26.6. The zero-order valence-electron chi connectivity index (χ0n) is 16.4. The molecule has 2 heterocycles. The maximum Gasteiger partial charge on any atom is 0.228 e. The van der Waals surface area contributed by atoms with Crippen molar-refractivity contribution >= 4 is 33.2 Å². The van der Waals surface area contributed by atoms with Gasteiger partial charge in [0, 0.05) is 37.4 Å². The number of sulfonamides is 1. The lowest BCUT2D eigenvalue weighted by atomic mass is 9.98. The fourth-order valence-electron chi connectivity index (χ4n) is 3.87. The molecule has 0 aromatic heterocycles. The molecule has 2 amide bonds. The first-order chi connectivity index (χ1) is 13.4. The van der Waals surface area contributed by atoms with E-state index in [0.717, 1.165) is 18.5 Å². The molecule has 8 heteroatoms. The van der Waals surface area contributed by atoms with Gasteiger partial charge in [0.25, 0.3) is 0 Å². The summed E-state index contributed by atoms with van der Waals surface area (Å²) < 4.78 is 26.1. The van der Waals surface area contributed by atoms with E-state index >= 15 is 0 Å². The Morgan fingerprint density at radius 1 is 1.21 bits per heavy atom. The smallest absolute Gasteiger partial charge is 0.228 e. The zero-order chi connectivity index (χ0) is 20.1. The molecule has 0 saturated carbocycles. The van der Waals surface area contributed by atoms with E-state index in [2.05, 4.69) is 5.32 Å². The number of nitrogens with one attached hydrogen (secondary N) is 1. The molecular formula is C20H29N3O4S. The molecule has 1 aromatic rings. The van der Waals surface area contributed by atoms with Crippen molar-refractivity contribution in [2.24, 2.45) is 5.92 Å². The highest BCUT2D eigenvalue weighted by Crippen LogP contribution is 2.26. The maximum absolute atomic E-state index is 12.7. The minimum atomic E-state index is -3.29. The third kappa shape index (κ3) is 4.91. The quantitative estimate of drug-likeness (QED) is 0.785. The van der Waals surface area contributed by atoms with Crippen LogP contribution in [0.2, 0.25) is 0 Å². The van der Waals surface area contributed by atoms with Gasteiger partial charge >= 0.3 is 0 Å². The largest absolute Gasteiger partial charge is 0.326 e. The van der Waals surface area contributed by atoms with Crippen molar-refractivity contribution in [2.75, 3.05) is 35.6 Å². The lowest BCUT2D eigenvalue weighted by molar-refractivity contribution is -0.121. The monoisotopic (exact) mass is 407 g/mol. The molecule has 1 N–H and O–H groups in total.